The normalized spacial score (nSPS) is 15.0. The van der Waals surface area contributed by atoms with Gasteiger partial charge in [-0.1, -0.05) is 0 Å². The first-order chi connectivity index (χ1) is 8.79. The second kappa shape index (κ2) is 4.82. The van der Waals surface area contributed by atoms with Gasteiger partial charge in [-0.15, -0.1) is 0 Å². The van der Waals surface area contributed by atoms with Gasteiger partial charge in [0.05, 0.1) is 17.8 Å². The number of aliphatic hydroxyl groups excluding tert-OH is 1. The second-order valence-electron chi connectivity index (χ2n) is 4.50. The molecule has 18 heavy (non-hydrogen) atoms. The number of aromatic nitrogens is 2. The molecule has 5 heteroatoms. The number of aliphatic hydroxyl groups is 1. The maximum Gasteiger partial charge on any atom is 0.112 e. The molecule has 0 unspecified atom stereocenters. The van der Waals surface area contributed by atoms with Crippen molar-refractivity contribution >= 4 is 32.7 Å². The Labute approximate surface area is 114 Å². The molecule has 0 amide bonds. The van der Waals surface area contributed by atoms with Crippen molar-refractivity contribution in [3.8, 4) is 0 Å². The average Bonchev–Trinajstić information content (AvgIpc) is 3.19. The van der Waals surface area contributed by atoms with E-state index in [4.69, 9.17) is 0 Å². The first-order valence-corrected chi connectivity index (χ1v) is 6.86. The monoisotopic (exact) mass is 307 g/mol. The van der Waals surface area contributed by atoms with Crippen LogP contribution in [0, 0.1) is 0 Å². The lowest BCUT2D eigenvalue weighted by Gasteiger charge is -2.24. The Kier molecular flexibility index (Phi) is 3.18. The van der Waals surface area contributed by atoms with E-state index in [2.05, 4.69) is 30.8 Å². The highest BCUT2D eigenvalue weighted by atomic mass is 79.9. The largest absolute Gasteiger partial charge is 0.395 e. The van der Waals surface area contributed by atoms with Crippen LogP contribution in [0.15, 0.2) is 29.0 Å². The second-order valence-corrected chi connectivity index (χ2v) is 5.42. The third kappa shape index (κ3) is 2.20. The van der Waals surface area contributed by atoms with Crippen LogP contribution < -0.4 is 4.90 Å². The number of fused-ring (bicyclic) bond motifs is 1. The molecule has 0 aliphatic heterocycles. The van der Waals surface area contributed by atoms with Crippen LogP contribution in [0.1, 0.15) is 12.8 Å². The molecular weight excluding hydrogens is 294 g/mol. The van der Waals surface area contributed by atoms with Crippen LogP contribution in [0.25, 0.3) is 11.0 Å². The standard InChI is InChI=1S/C13H14BrN3O/c14-9-7-11-13(16-8-9)12(3-4-15-11)17(5-6-18)10-1-2-10/h3-4,7-8,10,18H,1-2,5-6H2. The van der Waals surface area contributed by atoms with E-state index in [-0.39, 0.29) is 6.61 Å². The van der Waals surface area contributed by atoms with Crippen molar-refractivity contribution in [2.24, 2.45) is 0 Å². The SMILES string of the molecule is OCCN(c1ccnc2cc(Br)cnc12)C1CC1. The molecule has 0 saturated heterocycles. The van der Waals surface area contributed by atoms with Gasteiger partial charge in [0.25, 0.3) is 0 Å². The van der Waals surface area contributed by atoms with Crippen LogP contribution >= 0.6 is 15.9 Å². The van der Waals surface area contributed by atoms with Gasteiger partial charge in [0.2, 0.25) is 0 Å². The van der Waals surface area contributed by atoms with Crippen LogP contribution in [0.4, 0.5) is 5.69 Å². The highest BCUT2D eigenvalue weighted by Crippen LogP contribution is 2.34. The minimum absolute atomic E-state index is 0.164. The molecule has 0 aromatic carbocycles. The van der Waals surface area contributed by atoms with Crippen LogP contribution in [0.5, 0.6) is 0 Å². The van der Waals surface area contributed by atoms with Crippen LogP contribution in [0.2, 0.25) is 0 Å². The number of hydrogen-bond donors (Lipinski definition) is 1. The van der Waals surface area contributed by atoms with Gasteiger partial charge in [0.15, 0.2) is 0 Å². The topological polar surface area (TPSA) is 49.2 Å². The highest BCUT2D eigenvalue weighted by molar-refractivity contribution is 9.10. The summed E-state index contributed by atoms with van der Waals surface area (Å²) in [6.45, 7) is 0.818. The van der Waals surface area contributed by atoms with E-state index in [0.717, 1.165) is 21.2 Å². The Morgan fingerprint density at radius 2 is 2.22 bits per heavy atom. The van der Waals surface area contributed by atoms with Gasteiger partial charge in [-0.05, 0) is 40.9 Å². The van der Waals surface area contributed by atoms with E-state index in [1.54, 1.807) is 12.4 Å². The van der Waals surface area contributed by atoms with E-state index >= 15 is 0 Å². The Morgan fingerprint density at radius 3 is 2.94 bits per heavy atom. The summed E-state index contributed by atoms with van der Waals surface area (Å²) >= 11 is 3.41. The van der Waals surface area contributed by atoms with Crippen LogP contribution in [0.3, 0.4) is 0 Å². The predicted octanol–water partition coefficient (Wildman–Crippen LogP) is 2.35. The number of hydrogen-bond acceptors (Lipinski definition) is 4. The minimum Gasteiger partial charge on any atom is -0.395 e. The maximum absolute atomic E-state index is 9.21. The molecular formula is C13H14BrN3O. The van der Waals surface area contributed by atoms with Crippen molar-refractivity contribution in [1.82, 2.24) is 9.97 Å². The van der Waals surface area contributed by atoms with E-state index in [1.165, 1.54) is 12.8 Å². The van der Waals surface area contributed by atoms with Crippen molar-refractivity contribution < 1.29 is 5.11 Å². The van der Waals surface area contributed by atoms with Crippen molar-refractivity contribution in [3.05, 3.63) is 29.0 Å². The van der Waals surface area contributed by atoms with Crippen molar-refractivity contribution in [1.29, 1.82) is 0 Å². The fourth-order valence-electron chi connectivity index (χ4n) is 2.22. The molecule has 0 spiro atoms. The summed E-state index contributed by atoms with van der Waals surface area (Å²) in [5.74, 6) is 0. The lowest BCUT2D eigenvalue weighted by molar-refractivity contribution is 0.301. The fraction of sp³-hybridized carbons (Fsp3) is 0.385. The molecule has 0 atom stereocenters. The highest BCUT2D eigenvalue weighted by Gasteiger charge is 2.30. The van der Waals surface area contributed by atoms with Gasteiger partial charge in [-0.2, -0.15) is 0 Å². The molecule has 1 saturated carbocycles. The zero-order chi connectivity index (χ0) is 12.5. The summed E-state index contributed by atoms with van der Waals surface area (Å²) in [7, 11) is 0. The molecule has 3 rings (SSSR count). The molecule has 0 bridgehead atoms. The fourth-order valence-corrected chi connectivity index (χ4v) is 2.54. The van der Waals surface area contributed by atoms with Crippen LogP contribution in [-0.2, 0) is 0 Å². The van der Waals surface area contributed by atoms with Gasteiger partial charge in [0.1, 0.15) is 5.52 Å². The smallest absolute Gasteiger partial charge is 0.112 e. The van der Waals surface area contributed by atoms with Gasteiger partial charge in [-0.3, -0.25) is 9.97 Å². The molecule has 1 aliphatic carbocycles. The zero-order valence-corrected chi connectivity index (χ0v) is 11.5. The number of rotatable bonds is 4. The van der Waals surface area contributed by atoms with E-state index in [9.17, 15) is 5.11 Å². The van der Waals surface area contributed by atoms with Crippen molar-refractivity contribution in [3.63, 3.8) is 0 Å². The van der Waals surface area contributed by atoms with Gasteiger partial charge in [0, 0.05) is 29.5 Å². The molecule has 2 aromatic heterocycles. The Hall–Kier alpha value is -1.20. The van der Waals surface area contributed by atoms with E-state index in [0.29, 0.717) is 12.6 Å². The third-order valence-corrected chi connectivity index (χ3v) is 3.59. The zero-order valence-electron chi connectivity index (χ0n) is 9.88. The quantitative estimate of drug-likeness (QED) is 0.942. The summed E-state index contributed by atoms with van der Waals surface area (Å²) in [4.78, 5) is 11.0. The number of halogens is 1. The first-order valence-electron chi connectivity index (χ1n) is 6.07. The molecule has 1 aliphatic rings. The Bertz CT molecular complexity index is 571. The third-order valence-electron chi connectivity index (χ3n) is 3.16. The number of anilines is 1. The molecule has 94 valence electrons. The lowest BCUT2D eigenvalue weighted by Crippen LogP contribution is -2.29. The first kappa shape index (κ1) is 11.9. The van der Waals surface area contributed by atoms with Crippen molar-refractivity contribution in [2.45, 2.75) is 18.9 Å². The summed E-state index contributed by atoms with van der Waals surface area (Å²) in [5, 5.41) is 9.21. The molecule has 1 fully saturated rings. The average molecular weight is 308 g/mol. The molecule has 1 N–H and O–H groups in total. The summed E-state index contributed by atoms with van der Waals surface area (Å²) in [6, 6.07) is 4.50. The molecule has 4 nitrogen and oxygen atoms in total. The van der Waals surface area contributed by atoms with Gasteiger partial charge in [-0.25, -0.2) is 0 Å². The van der Waals surface area contributed by atoms with Crippen molar-refractivity contribution in [2.75, 3.05) is 18.1 Å². The molecule has 0 radical (unpaired) electrons. The van der Waals surface area contributed by atoms with Crippen LogP contribution in [-0.4, -0.2) is 34.3 Å². The van der Waals surface area contributed by atoms with Gasteiger partial charge >= 0.3 is 0 Å². The maximum atomic E-state index is 9.21. The number of pyridine rings is 2. The summed E-state index contributed by atoms with van der Waals surface area (Å²) in [6.07, 6.45) is 5.98. The molecule has 2 aromatic rings. The molecule has 2 heterocycles. The van der Waals surface area contributed by atoms with E-state index < -0.39 is 0 Å². The summed E-state index contributed by atoms with van der Waals surface area (Å²) in [5.41, 5.74) is 2.86. The Morgan fingerprint density at radius 1 is 1.39 bits per heavy atom. The summed E-state index contributed by atoms with van der Waals surface area (Å²) < 4.78 is 0.930. The predicted molar refractivity (Wildman–Crippen MR) is 74.7 cm³/mol. The van der Waals surface area contributed by atoms with E-state index in [1.807, 2.05) is 12.1 Å². The lowest BCUT2D eigenvalue weighted by atomic mass is 10.2. The Balaban J connectivity index is 2.09. The van der Waals surface area contributed by atoms with Gasteiger partial charge < -0.3 is 10.0 Å². The number of nitrogens with zero attached hydrogens (tertiary/aromatic N) is 3. The minimum atomic E-state index is 0.164.